The van der Waals surface area contributed by atoms with Crippen LogP contribution in [-0.4, -0.2) is 34.2 Å². The number of thioether (sulfide) groups is 1. The molecule has 4 rings (SSSR count). The van der Waals surface area contributed by atoms with E-state index in [1.807, 2.05) is 60.7 Å². The molecule has 1 aliphatic rings. The Morgan fingerprint density at radius 3 is 2.69 bits per heavy atom. The molecular weight excluding hydrogens is 404 g/mol. The summed E-state index contributed by atoms with van der Waals surface area (Å²) < 4.78 is 0. The lowest BCUT2D eigenvalue weighted by molar-refractivity contribution is 0.103. The van der Waals surface area contributed by atoms with Crippen molar-refractivity contribution in [1.29, 1.82) is 0 Å². The highest BCUT2D eigenvalue weighted by Gasteiger charge is 2.26. The minimum absolute atomic E-state index is 0.0319. The zero-order valence-corrected chi connectivity index (χ0v) is 17.4. The Hall–Kier alpha value is -2.34. The molecule has 0 aliphatic carbocycles. The number of ketones is 1. The molecule has 3 aromatic rings. The number of carbonyl (C=O) groups is 1. The van der Waals surface area contributed by atoms with Gasteiger partial charge in [0.2, 0.25) is 0 Å². The molecule has 0 spiro atoms. The maximum atomic E-state index is 12.7. The third-order valence-corrected chi connectivity index (χ3v) is 6.45. The quantitative estimate of drug-likeness (QED) is 0.574. The van der Waals surface area contributed by atoms with E-state index in [4.69, 9.17) is 11.6 Å². The van der Waals surface area contributed by atoms with E-state index < -0.39 is 0 Å². The number of benzene rings is 2. The van der Waals surface area contributed by atoms with Crippen molar-refractivity contribution in [3.63, 3.8) is 0 Å². The fourth-order valence-electron chi connectivity index (χ4n) is 3.56. The van der Waals surface area contributed by atoms with Crippen LogP contribution in [-0.2, 0) is 6.61 Å². The highest BCUT2D eigenvalue weighted by atomic mass is 35.5. The third kappa shape index (κ3) is 4.64. The fraction of sp³-hybridized carbons (Fsp3) is 0.217. The molecule has 148 valence electrons. The van der Waals surface area contributed by atoms with Crippen molar-refractivity contribution >= 4 is 34.8 Å². The predicted octanol–water partition coefficient (Wildman–Crippen LogP) is 4.83. The van der Waals surface area contributed by atoms with Gasteiger partial charge in [-0.3, -0.25) is 4.79 Å². The maximum absolute atomic E-state index is 12.7. The molecule has 1 atom stereocenters. The summed E-state index contributed by atoms with van der Waals surface area (Å²) in [6, 6.07) is 18.6. The highest BCUT2D eigenvalue weighted by molar-refractivity contribution is 7.99. The fourth-order valence-corrected chi connectivity index (χ4v) is 4.76. The monoisotopic (exact) mass is 424 g/mol. The first-order chi connectivity index (χ1) is 14.1. The number of anilines is 1. The van der Waals surface area contributed by atoms with Gasteiger partial charge in [0.25, 0.3) is 0 Å². The first-order valence-electron chi connectivity index (χ1n) is 9.51. The van der Waals surface area contributed by atoms with Crippen LogP contribution in [0, 0.1) is 0 Å². The van der Waals surface area contributed by atoms with Crippen LogP contribution in [0.15, 0.2) is 71.9 Å². The molecule has 1 saturated heterocycles. The number of aliphatic hydroxyl groups is 1. The van der Waals surface area contributed by atoms with Gasteiger partial charge in [-0.1, -0.05) is 41.9 Å². The summed E-state index contributed by atoms with van der Waals surface area (Å²) in [4.78, 5) is 19.4. The molecule has 0 saturated carbocycles. The number of aromatic nitrogens is 1. The van der Waals surface area contributed by atoms with Gasteiger partial charge in [-0.15, -0.1) is 11.8 Å². The lowest BCUT2D eigenvalue weighted by Crippen LogP contribution is -2.22. The number of hydrogen-bond donors (Lipinski definition) is 1. The van der Waals surface area contributed by atoms with Crippen LogP contribution < -0.4 is 4.90 Å². The molecule has 0 unspecified atom stereocenters. The average Bonchev–Trinajstić information content (AvgIpc) is 3.23. The first-order valence-corrected chi connectivity index (χ1v) is 10.8. The van der Waals surface area contributed by atoms with Gasteiger partial charge < -0.3 is 10.0 Å². The zero-order chi connectivity index (χ0) is 20.2. The Kier molecular flexibility index (Phi) is 6.19. The number of rotatable bonds is 6. The Labute approximate surface area is 179 Å². The van der Waals surface area contributed by atoms with E-state index in [9.17, 15) is 9.90 Å². The van der Waals surface area contributed by atoms with E-state index in [-0.39, 0.29) is 12.4 Å². The lowest BCUT2D eigenvalue weighted by atomic mass is 10.00. The summed E-state index contributed by atoms with van der Waals surface area (Å²) >= 11 is 7.66. The Balaban J connectivity index is 1.48. The minimum atomic E-state index is -0.0989. The highest BCUT2D eigenvalue weighted by Crippen LogP contribution is 2.33. The molecular formula is C23H21ClN2O2S. The van der Waals surface area contributed by atoms with E-state index in [1.54, 1.807) is 18.0 Å². The van der Waals surface area contributed by atoms with Gasteiger partial charge in [0.05, 0.1) is 16.7 Å². The zero-order valence-electron chi connectivity index (χ0n) is 15.8. The van der Waals surface area contributed by atoms with E-state index in [1.165, 1.54) is 0 Å². The standard InChI is InChI=1S/C23H21ClN2O2S/c24-19-7-9-22(25-13-19)29-20-10-11-26(14-20)21-8-6-17(12-18(21)15-27)23(28)16-4-2-1-3-5-16/h1-9,12-13,20,27H,10-11,14-15H2/t20-/m0/s1. The molecule has 2 aromatic carbocycles. The summed E-state index contributed by atoms with van der Waals surface area (Å²) in [5.41, 5.74) is 3.02. The summed E-state index contributed by atoms with van der Waals surface area (Å²) in [6.07, 6.45) is 2.70. The van der Waals surface area contributed by atoms with E-state index in [0.717, 1.165) is 35.8 Å². The molecule has 1 aromatic heterocycles. The van der Waals surface area contributed by atoms with Crippen molar-refractivity contribution in [2.45, 2.75) is 23.3 Å². The Morgan fingerprint density at radius 2 is 1.97 bits per heavy atom. The van der Waals surface area contributed by atoms with Crippen molar-refractivity contribution in [2.75, 3.05) is 18.0 Å². The van der Waals surface area contributed by atoms with E-state index >= 15 is 0 Å². The molecule has 1 aliphatic heterocycles. The van der Waals surface area contributed by atoms with Gasteiger partial charge in [0.1, 0.15) is 0 Å². The summed E-state index contributed by atoms with van der Waals surface area (Å²) in [7, 11) is 0. The van der Waals surface area contributed by atoms with Crippen LogP contribution in [0.1, 0.15) is 27.9 Å². The van der Waals surface area contributed by atoms with E-state index in [0.29, 0.717) is 21.4 Å². The SMILES string of the molecule is O=C(c1ccccc1)c1ccc(N2CC[C@H](Sc3ccc(Cl)cn3)C2)c(CO)c1. The molecule has 1 fully saturated rings. The number of carbonyl (C=O) groups excluding carboxylic acids is 1. The maximum Gasteiger partial charge on any atom is 0.193 e. The van der Waals surface area contributed by atoms with Crippen molar-refractivity contribution < 1.29 is 9.90 Å². The largest absolute Gasteiger partial charge is 0.392 e. The van der Waals surface area contributed by atoms with Crippen LogP contribution >= 0.6 is 23.4 Å². The second-order valence-corrected chi connectivity index (χ2v) is 8.74. The summed E-state index contributed by atoms with van der Waals surface area (Å²) in [6.45, 7) is 1.68. The number of nitrogens with zero attached hydrogens (tertiary/aromatic N) is 2. The van der Waals surface area contributed by atoms with Crippen LogP contribution in [0.2, 0.25) is 5.02 Å². The van der Waals surface area contributed by atoms with E-state index in [2.05, 4.69) is 9.88 Å². The van der Waals surface area contributed by atoms with Crippen LogP contribution in [0.4, 0.5) is 5.69 Å². The normalized spacial score (nSPS) is 16.2. The Bertz CT molecular complexity index is 996. The summed E-state index contributed by atoms with van der Waals surface area (Å²) in [5.74, 6) is -0.0319. The third-order valence-electron chi connectivity index (χ3n) is 5.02. The Morgan fingerprint density at radius 1 is 1.14 bits per heavy atom. The number of aliphatic hydroxyl groups excluding tert-OH is 1. The topological polar surface area (TPSA) is 53.4 Å². The van der Waals surface area contributed by atoms with Gasteiger partial charge in [0.15, 0.2) is 5.78 Å². The number of hydrogen-bond acceptors (Lipinski definition) is 5. The average molecular weight is 425 g/mol. The molecule has 1 N–H and O–H groups in total. The second kappa shape index (κ2) is 8.99. The molecule has 29 heavy (non-hydrogen) atoms. The summed E-state index contributed by atoms with van der Waals surface area (Å²) in [5, 5.41) is 11.9. The minimum Gasteiger partial charge on any atom is -0.392 e. The van der Waals surface area contributed by atoms with Crippen LogP contribution in [0.25, 0.3) is 0 Å². The molecule has 4 nitrogen and oxygen atoms in total. The van der Waals surface area contributed by atoms with Crippen molar-refractivity contribution in [2.24, 2.45) is 0 Å². The van der Waals surface area contributed by atoms with Gasteiger partial charge in [0, 0.05) is 46.9 Å². The van der Waals surface area contributed by atoms with Crippen molar-refractivity contribution in [1.82, 2.24) is 4.98 Å². The number of halogens is 1. The lowest BCUT2D eigenvalue weighted by Gasteiger charge is -2.22. The predicted molar refractivity (Wildman–Crippen MR) is 118 cm³/mol. The van der Waals surface area contributed by atoms with Gasteiger partial charge in [-0.05, 0) is 36.8 Å². The van der Waals surface area contributed by atoms with Crippen LogP contribution in [0.5, 0.6) is 0 Å². The molecule has 0 radical (unpaired) electrons. The molecule has 6 heteroatoms. The molecule has 2 heterocycles. The molecule has 0 bridgehead atoms. The van der Waals surface area contributed by atoms with Crippen molar-refractivity contribution in [3.8, 4) is 0 Å². The van der Waals surface area contributed by atoms with Crippen LogP contribution in [0.3, 0.4) is 0 Å². The number of pyridine rings is 1. The van der Waals surface area contributed by atoms with Gasteiger partial charge >= 0.3 is 0 Å². The first kappa shape index (κ1) is 20.0. The smallest absolute Gasteiger partial charge is 0.193 e. The van der Waals surface area contributed by atoms with Gasteiger partial charge in [-0.25, -0.2) is 4.98 Å². The second-order valence-electron chi connectivity index (χ2n) is 6.99. The van der Waals surface area contributed by atoms with Crippen molar-refractivity contribution in [3.05, 3.63) is 88.6 Å². The molecule has 0 amide bonds. The van der Waals surface area contributed by atoms with Gasteiger partial charge in [-0.2, -0.15) is 0 Å².